The predicted molar refractivity (Wildman–Crippen MR) is 116 cm³/mol. The van der Waals surface area contributed by atoms with Crippen LogP contribution in [-0.2, 0) is 26.3 Å². The van der Waals surface area contributed by atoms with Gasteiger partial charge >= 0.3 is 0 Å². The van der Waals surface area contributed by atoms with Crippen LogP contribution in [0.5, 0.6) is 0 Å². The molecule has 0 aliphatic carbocycles. The Kier molecular flexibility index (Phi) is 5.28. The van der Waals surface area contributed by atoms with Crippen molar-refractivity contribution in [2.24, 2.45) is 0 Å². The summed E-state index contributed by atoms with van der Waals surface area (Å²) in [6.07, 6.45) is 1.50. The molecular formula is C25H30N2O3. The van der Waals surface area contributed by atoms with Crippen LogP contribution in [0.4, 0.5) is 0 Å². The van der Waals surface area contributed by atoms with Gasteiger partial charge in [-0.2, -0.15) is 5.06 Å². The molecule has 1 unspecified atom stereocenters. The molecule has 0 bridgehead atoms. The predicted octanol–water partition coefficient (Wildman–Crippen LogP) is 3.19. The van der Waals surface area contributed by atoms with Crippen LogP contribution >= 0.6 is 0 Å². The lowest BCUT2D eigenvalue weighted by Crippen LogP contribution is -2.55. The smallest absolute Gasteiger partial charge is 0.239 e. The van der Waals surface area contributed by atoms with Crippen molar-refractivity contribution in [3.8, 4) is 0 Å². The van der Waals surface area contributed by atoms with Crippen LogP contribution in [0.3, 0.4) is 0 Å². The summed E-state index contributed by atoms with van der Waals surface area (Å²) < 4.78 is 0. The van der Waals surface area contributed by atoms with E-state index >= 15 is 0 Å². The Morgan fingerprint density at radius 2 is 1.60 bits per heavy atom. The molecule has 2 aliphatic rings. The number of benzene rings is 2. The van der Waals surface area contributed by atoms with Crippen LogP contribution < -0.4 is 5.32 Å². The van der Waals surface area contributed by atoms with Crippen molar-refractivity contribution in [2.45, 2.75) is 51.0 Å². The second kappa shape index (κ2) is 7.64. The molecule has 4 rings (SSSR count). The molecule has 30 heavy (non-hydrogen) atoms. The third-order valence-corrected chi connectivity index (χ3v) is 6.81. The van der Waals surface area contributed by atoms with Gasteiger partial charge in [-0.3, -0.25) is 9.59 Å². The Morgan fingerprint density at radius 1 is 1.00 bits per heavy atom. The van der Waals surface area contributed by atoms with E-state index in [0.717, 1.165) is 27.8 Å². The van der Waals surface area contributed by atoms with Gasteiger partial charge in [-0.15, -0.1) is 0 Å². The number of ketones is 1. The van der Waals surface area contributed by atoms with Gasteiger partial charge in [0.25, 0.3) is 0 Å². The molecule has 1 N–H and O–H groups in total. The minimum Gasteiger partial charge on any atom is -0.342 e. The first kappa shape index (κ1) is 20.8. The van der Waals surface area contributed by atoms with Crippen molar-refractivity contribution >= 4 is 11.7 Å². The van der Waals surface area contributed by atoms with Crippen LogP contribution in [-0.4, -0.2) is 42.5 Å². The summed E-state index contributed by atoms with van der Waals surface area (Å²) in [4.78, 5) is 33.4. The van der Waals surface area contributed by atoms with Crippen molar-refractivity contribution in [1.29, 1.82) is 0 Å². The zero-order valence-electron chi connectivity index (χ0n) is 18.2. The molecule has 2 heterocycles. The maximum Gasteiger partial charge on any atom is 0.239 e. The molecule has 2 saturated heterocycles. The monoisotopic (exact) mass is 406 g/mol. The lowest BCUT2D eigenvalue weighted by Gasteiger charge is -2.38. The highest BCUT2D eigenvalue weighted by atomic mass is 16.7. The largest absolute Gasteiger partial charge is 0.342 e. The van der Waals surface area contributed by atoms with Crippen molar-refractivity contribution in [2.75, 3.05) is 20.2 Å². The van der Waals surface area contributed by atoms with Gasteiger partial charge in [0.15, 0.2) is 5.78 Å². The topological polar surface area (TPSA) is 58.6 Å². The molecule has 158 valence electrons. The number of piperidine rings is 1. The van der Waals surface area contributed by atoms with Crippen LogP contribution in [0.2, 0.25) is 0 Å². The first-order valence-electron chi connectivity index (χ1n) is 10.6. The number of hydrogen-bond acceptors (Lipinski definition) is 4. The van der Waals surface area contributed by atoms with Crippen molar-refractivity contribution in [3.63, 3.8) is 0 Å². The summed E-state index contributed by atoms with van der Waals surface area (Å²) in [5.41, 5.74) is 2.95. The van der Waals surface area contributed by atoms with E-state index in [2.05, 4.69) is 17.4 Å². The first-order valence-corrected chi connectivity index (χ1v) is 10.6. The fourth-order valence-electron chi connectivity index (χ4n) is 5.53. The van der Waals surface area contributed by atoms with E-state index in [1.54, 1.807) is 7.11 Å². The van der Waals surface area contributed by atoms with E-state index < -0.39 is 11.0 Å². The molecule has 5 nitrogen and oxygen atoms in total. The third-order valence-electron chi connectivity index (χ3n) is 6.81. The summed E-state index contributed by atoms with van der Waals surface area (Å²) in [6, 6.07) is 14.0. The number of hydrogen-bond donors (Lipinski definition) is 1. The number of carbonyl (C=O) groups is 2. The number of nitrogens with one attached hydrogen (secondary N) is 1. The fourth-order valence-corrected chi connectivity index (χ4v) is 5.53. The van der Waals surface area contributed by atoms with E-state index in [0.29, 0.717) is 32.4 Å². The Labute approximate surface area is 178 Å². The number of Topliss-reactive ketones (excluding diaryl/α,β-unsaturated/α-hetero) is 1. The molecule has 0 saturated carbocycles. The SMILES string of the molecule is CON1CCC2(CC1)NC(=O)C(Cc1ccccc1)(c1c(C)cc(C)cc1C)C2=O. The van der Waals surface area contributed by atoms with Crippen LogP contribution in [0.15, 0.2) is 42.5 Å². The van der Waals surface area contributed by atoms with E-state index in [4.69, 9.17) is 4.84 Å². The van der Waals surface area contributed by atoms with Gasteiger partial charge in [0.2, 0.25) is 5.91 Å². The van der Waals surface area contributed by atoms with Crippen LogP contribution in [0.1, 0.15) is 40.7 Å². The molecule has 1 atom stereocenters. The number of aryl methyl sites for hydroxylation is 3. The number of amides is 1. The van der Waals surface area contributed by atoms with E-state index in [1.165, 1.54) is 0 Å². The summed E-state index contributed by atoms with van der Waals surface area (Å²) in [7, 11) is 1.64. The van der Waals surface area contributed by atoms with E-state index in [-0.39, 0.29) is 11.7 Å². The Morgan fingerprint density at radius 3 is 2.17 bits per heavy atom. The number of carbonyl (C=O) groups excluding carboxylic acids is 2. The average molecular weight is 407 g/mol. The van der Waals surface area contributed by atoms with Gasteiger partial charge in [0.1, 0.15) is 11.0 Å². The molecule has 0 radical (unpaired) electrons. The van der Waals surface area contributed by atoms with Gasteiger partial charge < -0.3 is 10.2 Å². The van der Waals surface area contributed by atoms with Crippen LogP contribution in [0.25, 0.3) is 0 Å². The number of nitrogens with zero attached hydrogens (tertiary/aromatic N) is 1. The summed E-state index contributed by atoms with van der Waals surface area (Å²) in [5, 5.41) is 5.02. The molecule has 2 aliphatic heterocycles. The van der Waals surface area contributed by atoms with Crippen LogP contribution in [0, 0.1) is 20.8 Å². The van der Waals surface area contributed by atoms with Gasteiger partial charge in [0, 0.05) is 13.1 Å². The molecule has 1 spiro atoms. The minimum absolute atomic E-state index is 0.00894. The maximum absolute atomic E-state index is 14.3. The molecule has 2 aromatic rings. The lowest BCUT2D eigenvalue weighted by molar-refractivity contribution is -0.157. The summed E-state index contributed by atoms with van der Waals surface area (Å²) >= 11 is 0. The van der Waals surface area contributed by atoms with Gasteiger partial charge in [-0.1, -0.05) is 48.0 Å². The molecular weight excluding hydrogens is 376 g/mol. The third kappa shape index (κ3) is 3.17. The zero-order valence-corrected chi connectivity index (χ0v) is 18.2. The molecule has 0 aromatic heterocycles. The molecule has 2 aromatic carbocycles. The molecule has 5 heteroatoms. The Balaban J connectivity index is 1.87. The highest BCUT2D eigenvalue weighted by molar-refractivity contribution is 6.22. The molecule has 2 fully saturated rings. The summed E-state index contributed by atoms with van der Waals surface area (Å²) in [6.45, 7) is 7.32. The van der Waals surface area contributed by atoms with Crippen molar-refractivity contribution in [1.82, 2.24) is 10.4 Å². The summed E-state index contributed by atoms with van der Waals surface area (Å²) in [5.74, 6) is -0.160. The molecule has 1 amide bonds. The van der Waals surface area contributed by atoms with Gasteiger partial charge in [-0.25, -0.2) is 0 Å². The first-order chi connectivity index (χ1) is 14.3. The van der Waals surface area contributed by atoms with Gasteiger partial charge in [0.05, 0.1) is 7.11 Å². The Bertz CT molecular complexity index is 954. The van der Waals surface area contributed by atoms with E-state index in [9.17, 15) is 9.59 Å². The minimum atomic E-state index is -1.21. The zero-order chi connectivity index (χ0) is 21.5. The Hall–Kier alpha value is -2.50. The second-order valence-corrected chi connectivity index (χ2v) is 8.82. The lowest BCUT2D eigenvalue weighted by atomic mass is 9.66. The normalized spacial score (nSPS) is 23.7. The average Bonchev–Trinajstić information content (AvgIpc) is 2.91. The van der Waals surface area contributed by atoms with E-state index in [1.807, 2.05) is 56.2 Å². The highest BCUT2D eigenvalue weighted by Crippen LogP contribution is 2.45. The second-order valence-electron chi connectivity index (χ2n) is 8.82. The highest BCUT2D eigenvalue weighted by Gasteiger charge is 2.63. The number of hydroxylamine groups is 2. The fraction of sp³-hybridized carbons (Fsp3) is 0.440. The standard InChI is InChI=1S/C25H30N2O3/c1-17-14-18(2)21(19(3)15-17)25(16-20-8-6-5-7-9-20)22(28)24(26-23(25)29)10-12-27(30-4)13-11-24/h5-9,14-15H,10-13,16H2,1-4H3,(H,26,29). The van der Waals surface area contributed by atoms with Crippen molar-refractivity contribution < 1.29 is 14.4 Å². The van der Waals surface area contributed by atoms with Gasteiger partial charge in [-0.05, 0) is 62.3 Å². The maximum atomic E-state index is 14.3. The quantitative estimate of drug-likeness (QED) is 0.793. The number of rotatable bonds is 4. The van der Waals surface area contributed by atoms with Crippen molar-refractivity contribution in [3.05, 3.63) is 70.3 Å².